The van der Waals surface area contributed by atoms with Gasteiger partial charge in [-0.05, 0) is 59.8 Å². The second-order valence-electron chi connectivity index (χ2n) is 10.9. The molecule has 0 spiro atoms. The van der Waals surface area contributed by atoms with Gasteiger partial charge in [0.15, 0.2) is 5.78 Å². The number of thiophene rings is 1. The Morgan fingerprint density at radius 2 is 1.88 bits per heavy atom. The van der Waals surface area contributed by atoms with Gasteiger partial charge in [0, 0.05) is 66.3 Å². The monoisotopic (exact) mass is 563 g/mol. The summed E-state index contributed by atoms with van der Waals surface area (Å²) in [5, 5.41) is 14.5. The summed E-state index contributed by atoms with van der Waals surface area (Å²) in [6.07, 6.45) is 7.80. The number of hydrogen-bond donors (Lipinski definition) is 1. The summed E-state index contributed by atoms with van der Waals surface area (Å²) >= 11 is 1.58. The van der Waals surface area contributed by atoms with Crippen molar-refractivity contribution in [1.82, 2.24) is 20.1 Å². The molecule has 3 aromatic rings. The summed E-state index contributed by atoms with van der Waals surface area (Å²) in [5.41, 5.74) is 0.855. The van der Waals surface area contributed by atoms with E-state index < -0.39 is 5.54 Å². The van der Waals surface area contributed by atoms with E-state index in [2.05, 4.69) is 22.9 Å². The van der Waals surface area contributed by atoms with Crippen LogP contribution in [0.3, 0.4) is 0 Å². The fourth-order valence-corrected chi connectivity index (χ4v) is 6.89. The van der Waals surface area contributed by atoms with Crippen molar-refractivity contribution >= 4 is 28.9 Å². The fourth-order valence-electron chi connectivity index (χ4n) is 6.20. The van der Waals surface area contributed by atoms with Gasteiger partial charge in [-0.15, -0.1) is 17.9 Å². The molecule has 6 rings (SSSR count). The molecule has 1 aromatic carbocycles. The Bertz CT molecular complexity index is 1550. The number of likely N-dealkylation sites (tertiary alicyclic amines) is 1. The van der Waals surface area contributed by atoms with E-state index in [0.29, 0.717) is 49.3 Å². The maximum atomic E-state index is 14.3. The van der Waals surface area contributed by atoms with Gasteiger partial charge in [0.05, 0.1) is 18.1 Å². The Labute approximate surface area is 242 Å². The van der Waals surface area contributed by atoms with Gasteiger partial charge in [-0.2, -0.15) is 5.26 Å². The van der Waals surface area contributed by atoms with Crippen molar-refractivity contribution in [1.29, 1.82) is 5.26 Å². The highest BCUT2D eigenvalue weighted by Crippen LogP contribution is 2.52. The Morgan fingerprint density at radius 1 is 1.15 bits per heavy atom. The molecule has 3 fully saturated rings. The number of nitrogens with one attached hydrogen (secondary N) is 1. The first-order chi connectivity index (χ1) is 19.9. The van der Waals surface area contributed by atoms with Crippen LogP contribution in [0.15, 0.2) is 90.9 Å². The molecule has 3 unspecified atom stereocenters. The van der Waals surface area contributed by atoms with Crippen LogP contribution in [0.2, 0.25) is 0 Å². The molecule has 1 aliphatic carbocycles. The maximum Gasteiger partial charge on any atom is 0.254 e. The Kier molecular flexibility index (Phi) is 7.01. The van der Waals surface area contributed by atoms with E-state index >= 15 is 0 Å². The minimum Gasteiger partial charge on any atom is -0.357 e. The van der Waals surface area contributed by atoms with Gasteiger partial charge in [0.2, 0.25) is 5.91 Å². The number of nitrogens with zero attached hydrogens (tertiary/aromatic N) is 4. The van der Waals surface area contributed by atoms with Gasteiger partial charge in [0.25, 0.3) is 5.91 Å². The van der Waals surface area contributed by atoms with E-state index in [1.807, 2.05) is 34.5 Å². The SMILES string of the molecule is C=CCC1(Cc2ccncc2)NC(=CC(=O)c2ccc(C#N)cc2)N(C2C3CN(C(=O)Cc4cccs4)CC32)C1=O. The van der Waals surface area contributed by atoms with Gasteiger partial charge in [-0.25, -0.2) is 0 Å². The lowest BCUT2D eigenvalue weighted by Gasteiger charge is -2.27. The largest absolute Gasteiger partial charge is 0.357 e. The molecule has 3 atom stereocenters. The number of benzene rings is 1. The summed E-state index contributed by atoms with van der Waals surface area (Å²) < 4.78 is 0. The third-order valence-corrected chi connectivity index (χ3v) is 9.15. The number of aromatic nitrogens is 1. The van der Waals surface area contributed by atoms with Gasteiger partial charge in [-0.3, -0.25) is 24.3 Å². The molecule has 2 amide bonds. The molecule has 1 saturated carbocycles. The van der Waals surface area contributed by atoms with Gasteiger partial charge in [-0.1, -0.05) is 12.1 Å². The van der Waals surface area contributed by atoms with Crippen molar-refractivity contribution in [3.63, 3.8) is 0 Å². The molecule has 41 heavy (non-hydrogen) atoms. The number of fused-ring (bicyclic) bond motifs is 1. The van der Waals surface area contributed by atoms with Gasteiger partial charge >= 0.3 is 0 Å². The van der Waals surface area contributed by atoms with Crippen LogP contribution in [0.25, 0.3) is 0 Å². The topological polar surface area (TPSA) is 106 Å². The Balaban J connectivity index is 1.27. The average Bonchev–Trinajstić information content (AvgIpc) is 3.37. The second-order valence-corrected chi connectivity index (χ2v) is 11.9. The highest BCUT2D eigenvalue weighted by molar-refractivity contribution is 7.10. The first kappa shape index (κ1) is 26.7. The van der Waals surface area contributed by atoms with Crippen LogP contribution in [0.1, 0.15) is 32.8 Å². The van der Waals surface area contributed by atoms with Crippen molar-refractivity contribution in [3.05, 3.63) is 112 Å². The summed E-state index contributed by atoms with van der Waals surface area (Å²) in [4.78, 5) is 49.4. The van der Waals surface area contributed by atoms with Crippen LogP contribution < -0.4 is 5.32 Å². The van der Waals surface area contributed by atoms with Crippen molar-refractivity contribution in [2.45, 2.75) is 30.8 Å². The molecule has 9 heteroatoms. The molecule has 3 aliphatic rings. The fraction of sp³-hybridized carbons (Fsp3) is 0.281. The summed E-state index contributed by atoms with van der Waals surface area (Å²) in [6.45, 7) is 5.11. The minimum atomic E-state index is -0.995. The zero-order valence-corrected chi connectivity index (χ0v) is 23.2. The molecule has 0 bridgehead atoms. The van der Waals surface area contributed by atoms with Crippen LogP contribution in [0, 0.1) is 23.2 Å². The zero-order valence-electron chi connectivity index (χ0n) is 22.4. The lowest BCUT2D eigenvalue weighted by atomic mass is 9.87. The highest BCUT2D eigenvalue weighted by atomic mass is 32.1. The van der Waals surface area contributed by atoms with E-state index in [4.69, 9.17) is 5.26 Å². The molecule has 0 radical (unpaired) electrons. The molecular formula is C32H29N5O3S. The third-order valence-electron chi connectivity index (χ3n) is 8.27. The molecule has 2 saturated heterocycles. The normalized spacial score (nSPS) is 25.5. The van der Waals surface area contributed by atoms with Crippen LogP contribution in [0.5, 0.6) is 0 Å². The maximum absolute atomic E-state index is 14.3. The van der Waals surface area contributed by atoms with Gasteiger partial charge < -0.3 is 10.2 Å². The van der Waals surface area contributed by atoms with E-state index in [9.17, 15) is 14.4 Å². The molecule has 2 aromatic heterocycles. The van der Waals surface area contributed by atoms with Crippen LogP contribution >= 0.6 is 11.3 Å². The van der Waals surface area contributed by atoms with Crippen molar-refractivity contribution in [3.8, 4) is 6.07 Å². The van der Waals surface area contributed by atoms with Crippen molar-refractivity contribution in [2.75, 3.05) is 13.1 Å². The average molecular weight is 564 g/mol. The van der Waals surface area contributed by atoms with Crippen LogP contribution in [0.4, 0.5) is 0 Å². The van der Waals surface area contributed by atoms with Crippen LogP contribution in [-0.2, 0) is 22.4 Å². The number of hydrogen-bond acceptors (Lipinski definition) is 7. The van der Waals surface area contributed by atoms with Crippen LogP contribution in [-0.4, -0.2) is 57.1 Å². The summed E-state index contributed by atoms with van der Waals surface area (Å²) in [7, 11) is 0. The van der Waals surface area contributed by atoms with Crippen molar-refractivity contribution < 1.29 is 14.4 Å². The Hall–Kier alpha value is -4.55. The standard InChI is InChI=1S/C32H29N5O3S/c1-2-11-32(17-21-9-12-34-13-10-21)31(40)37(28(35-32)16-27(38)23-7-5-22(18-33)6-8-23)30-25-19-36(20-26(25)30)29(39)15-24-4-3-14-41-24/h2-10,12-14,16,25-26,30,35H,1,11,15,17,19-20H2. The molecule has 1 N–H and O–H groups in total. The Morgan fingerprint density at radius 3 is 2.51 bits per heavy atom. The number of allylic oxidation sites excluding steroid dienone is 1. The molecule has 4 heterocycles. The number of ketones is 1. The summed E-state index contributed by atoms with van der Waals surface area (Å²) in [6, 6.07) is 16.1. The molecular weight excluding hydrogens is 534 g/mol. The minimum absolute atomic E-state index is 0.0927. The number of carbonyl (C=O) groups excluding carboxylic acids is 3. The van der Waals surface area contributed by atoms with Gasteiger partial charge in [0.1, 0.15) is 11.4 Å². The van der Waals surface area contributed by atoms with E-state index in [0.717, 1.165) is 10.4 Å². The first-order valence-corrected chi connectivity index (χ1v) is 14.5. The van der Waals surface area contributed by atoms with E-state index in [1.165, 1.54) is 6.08 Å². The quantitative estimate of drug-likeness (QED) is 0.242. The van der Waals surface area contributed by atoms with E-state index in [1.54, 1.807) is 59.0 Å². The van der Waals surface area contributed by atoms with E-state index in [-0.39, 0.29) is 35.5 Å². The molecule has 8 nitrogen and oxygen atoms in total. The lowest BCUT2D eigenvalue weighted by Crippen LogP contribution is -2.49. The first-order valence-electron chi connectivity index (χ1n) is 13.6. The predicted octanol–water partition coefficient (Wildman–Crippen LogP) is 3.73. The molecule has 206 valence electrons. The predicted molar refractivity (Wildman–Crippen MR) is 154 cm³/mol. The number of piperidine rings is 1. The number of carbonyl (C=O) groups is 3. The zero-order chi connectivity index (χ0) is 28.6. The smallest absolute Gasteiger partial charge is 0.254 e. The number of rotatable bonds is 9. The number of pyridine rings is 1. The number of amides is 2. The second kappa shape index (κ2) is 10.8. The third kappa shape index (κ3) is 5.07. The number of nitriles is 1. The highest BCUT2D eigenvalue weighted by Gasteiger charge is 2.64. The van der Waals surface area contributed by atoms with Crippen molar-refractivity contribution in [2.24, 2.45) is 11.8 Å². The molecule has 2 aliphatic heterocycles. The summed E-state index contributed by atoms with van der Waals surface area (Å²) in [5.74, 6) is 0.533. The lowest BCUT2D eigenvalue weighted by molar-refractivity contribution is -0.133.